The Kier molecular flexibility index (Phi) is 2.96. The van der Waals surface area contributed by atoms with Crippen molar-refractivity contribution in [2.75, 3.05) is 0 Å². The van der Waals surface area contributed by atoms with Crippen molar-refractivity contribution < 1.29 is 4.74 Å². The van der Waals surface area contributed by atoms with E-state index in [4.69, 9.17) is 16.3 Å². The Balaban J connectivity index is 1.81. The average molecular weight is 353 g/mol. The van der Waals surface area contributed by atoms with Gasteiger partial charge in [-0.25, -0.2) is 0 Å². The molecule has 5 rings (SSSR count). The molecule has 1 aliphatic carbocycles. The van der Waals surface area contributed by atoms with E-state index in [2.05, 4.69) is 44.2 Å². The summed E-state index contributed by atoms with van der Waals surface area (Å²) < 4.78 is 7.79. The first-order valence-corrected chi connectivity index (χ1v) is 9.47. The van der Waals surface area contributed by atoms with Crippen LogP contribution in [0.15, 0.2) is 48.0 Å². The lowest BCUT2D eigenvalue weighted by molar-refractivity contribution is 0.430. The Labute approximate surface area is 150 Å². The molecule has 3 aromatic rings. The summed E-state index contributed by atoms with van der Waals surface area (Å²) >= 11 is 8.12. The molecule has 0 saturated carbocycles. The van der Waals surface area contributed by atoms with Crippen LogP contribution in [0.5, 0.6) is 5.75 Å². The van der Waals surface area contributed by atoms with Crippen LogP contribution in [-0.2, 0) is 11.8 Å². The van der Waals surface area contributed by atoms with Crippen LogP contribution in [0.3, 0.4) is 0 Å². The largest absolute Gasteiger partial charge is 0.456 e. The van der Waals surface area contributed by atoms with Crippen LogP contribution in [0.4, 0.5) is 0 Å². The minimum Gasteiger partial charge on any atom is -0.456 e. The molecule has 2 aliphatic rings. The van der Waals surface area contributed by atoms with Gasteiger partial charge in [0.2, 0.25) is 0 Å². The van der Waals surface area contributed by atoms with E-state index in [1.54, 1.807) is 0 Å². The fraction of sp³-hybridized carbons (Fsp3) is 0.238. The number of hydrogen-bond acceptors (Lipinski definition) is 2. The second-order valence-electron chi connectivity index (χ2n) is 7.07. The van der Waals surface area contributed by atoms with Crippen LogP contribution in [0.25, 0.3) is 15.8 Å². The molecule has 3 heteroatoms. The zero-order chi connectivity index (χ0) is 16.5. The van der Waals surface area contributed by atoms with Gasteiger partial charge in [-0.3, -0.25) is 0 Å². The number of rotatable bonds is 0. The predicted molar refractivity (Wildman–Crippen MR) is 102 cm³/mol. The fourth-order valence-electron chi connectivity index (χ4n) is 4.10. The highest BCUT2D eigenvalue weighted by Gasteiger charge is 2.40. The molecule has 24 heavy (non-hydrogen) atoms. The maximum absolute atomic E-state index is 6.45. The zero-order valence-corrected chi connectivity index (χ0v) is 15.2. The van der Waals surface area contributed by atoms with E-state index >= 15 is 0 Å². The maximum Gasteiger partial charge on any atom is 0.136 e. The molecule has 0 saturated heterocycles. The monoisotopic (exact) mass is 352 g/mol. The van der Waals surface area contributed by atoms with Crippen molar-refractivity contribution in [2.45, 2.75) is 32.1 Å². The van der Waals surface area contributed by atoms with Crippen molar-refractivity contribution >= 4 is 38.8 Å². The zero-order valence-electron chi connectivity index (χ0n) is 13.7. The lowest BCUT2D eigenvalue weighted by Gasteiger charge is -2.39. The first kappa shape index (κ1) is 14.6. The minimum atomic E-state index is -0.0335. The van der Waals surface area contributed by atoms with Gasteiger partial charge >= 0.3 is 0 Å². The molecule has 0 radical (unpaired) electrons. The second-order valence-corrected chi connectivity index (χ2v) is 8.64. The summed E-state index contributed by atoms with van der Waals surface area (Å²) in [5, 5.41) is 2.03. The third kappa shape index (κ3) is 1.87. The highest BCUT2D eigenvalue weighted by atomic mass is 35.5. The molecule has 1 aromatic heterocycles. The number of aryl methyl sites for hydroxylation is 1. The van der Waals surface area contributed by atoms with E-state index in [1.165, 1.54) is 31.7 Å². The summed E-state index contributed by atoms with van der Waals surface area (Å²) in [6, 6.07) is 14.7. The lowest BCUT2D eigenvalue weighted by atomic mass is 9.71. The van der Waals surface area contributed by atoms with E-state index in [9.17, 15) is 0 Å². The number of fused-ring (bicyclic) bond motifs is 5. The molecule has 0 unspecified atom stereocenters. The van der Waals surface area contributed by atoms with Gasteiger partial charge < -0.3 is 4.74 Å². The molecular formula is C21H17ClOS. The number of hydrogen-bond donors (Lipinski definition) is 0. The topological polar surface area (TPSA) is 9.23 Å². The molecule has 1 nitrogen and oxygen atoms in total. The van der Waals surface area contributed by atoms with Gasteiger partial charge in [0.15, 0.2) is 0 Å². The summed E-state index contributed by atoms with van der Waals surface area (Å²) in [5.41, 5.74) is 3.91. The van der Waals surface area contributed by atoms with Crippen LogP contribution in [0.1, 0.15) is 36.3 Å². The maximum atomic E-state index is 6.45. The molecule has 2 aromatic carbocycles. The van der Waals surface area contributed by atoms with E-state index < -0.39 is 0 Å². The highest BCUT2D eigenvalue weighted by molar-refractivity contribution is 7.19. The summed E-state index contributed by atoms with van der Waals surface area (Å²) in [6.07, 6.45) is 2.16. The highest BCUT2D eigenvalue weighted by Crippen LogP contribution is 2.53. The number of thiophene rings is 1. The molecule has 0 atom stereocenters. The van der Waals surface area contributed by atoms with Gasteiger partial charge in [0, 0.05) is 36.5 Å². The van der Waals surface area contributed by atoms with Crippen molar-refractivity contribution in [1.29, 1.82) is 0 Å². The molecule has 120 valence electrons. The van der Waals surface area contributed by atoms with Crippen LogP contribution in [0, 0.1) is 0 Å². The van der Waals surface area contributed by atoms with Crippen LogP contribution in [0.2, 0.25) is 5.02 Å². The van der Waals surface area contributed by atoms with Gasteiger partial charge in [-0.2, -0.15) is 0 Å². The summed E-state index contributed by atoms with van der Waals surface area (Å²) in [5.74, 6) is 1.96. The van der Waals surface area contributed by atoms with Crippen molar-refractivity contribution in [3.05, 3.63) is 69.1 Å². The average Bonchev–Trinajstić information content (AvgIpc) is 2.93. The smallest absolute Gasteiger partial charge is 0.136 e. The third-order valence-electron chi connectivity index (χ3n) is 5.36. The van der Waals surface area contributed by atoms with Crippen LogP contribution >= 0.6 is 22.9 Å². The summed E-state index contributed by atoms with van der Waals surface area (Å²) in [4.78, 5) is 1.44. The molecule has 2 heterocycles. The normalized spacial score (nSPS) is 18.0. The number of benzene rings is 2. The standard InChI is InChI=1S/C21H17ClOS/c1-21(2)14-8-7-12(22)11-16(14)23-20-15(21)9-10-18-19(20)13-5-3-4-6-17(13)24-18/h3-8,11H,9-10H2,1-2H3. The van der Waals surface area contributed by atoms with Crippen molar-refractivity contribution in [1.82, 2.24) is 0 Å². The van der Waals surface area contributed by atoms with Gasteiger partial charge in [0.25, 0.3) is 0 Å². The molecule has 0 N–H and O–H groups in total. The van der Waals surface area contributed by atoms with Gasteiger partial charge in [0.05, 0.1) is 0 Å². The Bertz CT molecular complexity index is 1030. The molecular weight excluding hydrogens is 336 g/mol. The Morgan fingerprint density at radius 3 is 2.79 bits per heavy atom. The number of ether oxygens (including phenoxy) is 1. The fourth-order valence-corrected chi connectivity index (χ4v) is 5.47. The van der Waals surface area contributed by atoms with Gasteiger partial charge in [0.1, 0.15) is 11.5 Å². The first-order valence-electron chi connectivity index (χ1n) is 8.28. The van der Waals surface area contributed by atoms with Crippen molar-refractivity contribution in [3.8, 4) is 5.75 Å². The Morgan fingerprint density at radius 2 is 1.92 bits per heavy atom. The van der Waals surface area contributed by atoms with Crippen molar-refractivity contribution in [2.24, 2.45) is 0 Å². The van der Waals surface area contributed by atoms with Crippen LogP contribution in [-0.4, -0.2) is 0 Å². The molecule has 0 spiro atoms. The van der Waals surface area contributed by atoms with Gasteiger partial charge in [-0.1, -0.05) is 49.7 Å². The number of halogens is 1. The quantitative estimate of drug-likeness (QED) is 0.444. The summed E-state index contributed by atoms with van der Waals surface area (Å²) in [7, 11) is 0. The number of allylic oxidation sites excluding steroid dienone is 1. The van der Waals surface area contributed by atoms with Crippen molar-refractivity contribution in [3.63, 3.8) is 0 Å². The van der Waals surface area contributed by atoms with E-state index in [1.807, 2.05) is 23.5 Å². The predicted octanol–water partition coefficient (Wildman–Crippen LogP) is 6.58. The van der Waals surface area contributed by atoms with Gasteiger partial charge in [-0.05, 0) is 36.6 Å². The SMILES string of the molecule is CC1(C)C2=C(Oc3cc(Cl)ccc31)c1c(sc3ccccc13)CC2. The first-order chi connectivity index (χ1) is 11.6. The minimum absolute atomic E-state index is 0.0335. The van der Waals surface area contributed by atoms with Gasteiger partial charge in [-0.15, -0.1) is 11.3 Å². The molecule has 0 fully saturated rings. The van der Waals surface area contributed by atoms with E-state index in [0.717, 1.165) is 29.4 Å². The van der Waals surface area contributed by atoms with E-state index in [0.29, 0.717) is 0 Å². The second kappa shape index (κ2) is 4.87. The summed E-state index contributed by atoms with van der Waals surface area (Å²) in [6.45, 7) is 4.61. The lowest BCUT2D eigenvalue weighted by Crippen LogP contribution is -2.29. The third-order valence-corrected chi connectivity index (χ3v) is 6.82. The molecule has 0 amide bonds. The van der Waals surface area contributed by atoms with Crippen LogP contribution < -0.4 is 4.74 Å². The molecule has 1 aliphatic heterocycles. The van der Waals surface area contributed by atoms with E-state index in [-0.39, 0.29) is 5.41 Å². The molecule has 0 bridgehead atoms. The Morgan fingerprint density at radius 1 is 1.08 bits per heavy atom. The Hall–Kier alpha value is -1.77.